The summed E-state index contributed by atoms with van der Waals surface area (Å²) >= 11 is 5.80. The van der Waals surface area contributed by atoms with E-state index in [0.29, 0.717) is 6.61 Å². The molecule has 0 unspecified atom stereocenters. The van der Waals surface area contributed by atoms with Crippen molar-refractivity contribution in [1.29, 1.82) is 0 Å². The second-order valence-electron chi connectivity index (χ2n) is 4.90. The Morgan fingerprint density at radius 3 is 2.08 bits per heavy atom. The summed E-state index contributed by atoms with van der Waals surface area (Å²) in [6.45, 7) is 2.47. The lowest BCUT2D eigenvalue weighted by Gasteiger charge is -2.07. The molecular formula is C18H20ClNO5. The lowest BCUT2D eigenvalue weighted by Crippen LogP contribution is -2.23. The summed E-state index contributed by atoms with van der Waals surface area (Å²) in [5.41, 5.74) is 1.36. The Morgan fingerprint density at radius 1 is 0.920 bits per heavy atom. The first-order valence-corrected chi connectivity index (χ1v) is 7.96. The van der Waals surface area contributed by atoms with E-state index in [-0.39, 0.29) is 0 Å². The Bertz CT molecular complexity index is 634. The van der Waals surface area contributed by atoms with Gasteiger partial charge in [-0.1, -0.05) is 41.9 Å². The van der Waals surface area contributed by atoms with Crippen LogP contribution >= 0.6 is 11.6 Å². The molecule has 3 N–H and O–H groups in total. The van der Waals surface area contributed by atoms with Crippen LogP contribution in [0, 0.1) is 0 Å². The molecule has 25 heavy (non-hydrogen) atoms. The minimum Gasteiger partial charge on any atom is -0.492 e. The summed E-state index contributed by atoms with van der Waals surface area (Å²) in [6.07, 6.45) is 1.04. The molecule has 0 fully saturated rings. The Morgan fingerprint density at radius 2 is 1.52 bits per heavy atom. The van der Waals surface area contributed by atoms with Gasteiger partial charge in [0, 0.05) is 11.6 Å². The van der Waals surface area contributed by atoms with Gasteiger partial charge in [-0.3, -0.25) is 0 Å². The van der Waals surface area contributed by atoms with Gasteiger partial charge in [-0.05, 0) is 42.8 Å². The summed E-state index contributed by atoms with van der Waals surface area (Å²) in [6, 6.07) is 17.9. The fourth-order valence-corrected chi connectivity index (χ4v) is 1.90. The highest BCUT2D eigenvalue weighted by Crippen LogP contribution is 2.15. The van der Waals surface area contributed by atoms with Crippen LogP contribution in [0.1, 0.15) is 5.56 Å². The minimum absolute atomic E-state index is 0.663. The molecule has 0 atom stereocenters. The molecule has 0 aliphatic heterocycles. The number of halogens is 1. The maximum Gasteiger partial charge on any atom is 0.414 e. The number of benzene rings is 2. The van der Waals surface area contributed by atoms with Crippen LogP contribution in [0.4, 0.5) is 0 Å². The van der Waals surface area contributed by atoms with Gasteiger partial charge < -0.3 is 20.3 Å². The van der Waals surface area contributed by atoms with Gasteiger partial charge >= 0.3 is 11.9 Å². The predicted octanol–water partition coefficient (Wildman–Crippen LogP) is 2.71. The number of carboxylic acid groups (broad SMARTS) is 2. The SMILES string of the molecule is Clc1ccc(OCCNCCc2ccccc2)cc1.O=C(O)C(=O)O. The van der Waals surface area contributed by atoms with Crippen LogP contribution in [-0.4, -0.2) is 41.8 Å². The molecule has 7 heteroatoms. The number of carbonyl (C=O) groups is 2. The largest absolute Gasteiger partial charge is 0.492 e. The summed E-state index contributed by atoms with van der Waals surface area (Å²) in [5.74, 6) is -2.79. The van der Waals surface area contributed by atoms with Gasteiger partial charge in [0.05, 0.1) is 0 Å². The van der Waals surface area contributed by atoms with Crippen molar-refractivity contribution >= 4 is 23.5 Å². The van der Waals surface area contributed by atoms with Crippen LogP contribution in [0.3, 0.4) is 0 Å². The molecule has 134 valence electrons. The molecule has 2 aromatic carbocycles. The van der Waals surface area contributed by atoms with Crippen LogP contribution in [0.15, 0.2) is 54.6 Å². The highest BCUT2D eigenvalue weighted by Gasteiger charge is 2.04. The Labute approximate surface area is 151 Å². The van der Waals surface area contributed by atoms with Crippen LogP contribution < -0.4 is 10.1 Å². The van der Waals surface area contributed by atoms with Gasteiger partial charge in [0.15, 0.2) is 0 Å². The molecular weight excluding hydrogens is 346 g/mol. The minimum atomic E-state index is -1.82. The van der Waals surface area contributed by atoms with Gasteiger partial charge in [0.25, 0.3) is 0 Å². The number of rotatable bonds is 7. The van der Waals surface area contributed by atoms with Crippen molar-refractivity contribution in [2.24, 2.45) is 0 Å². The van der Waals surface area contributed by atoms with Crippen molar-refractivity contribution in [3.8, 4) is 5.75 Å². The first kappa shape index (κ1) is 20.5. The summed E-state index contributed by atoms with van der Waals surface area (Å²) < 4.78 is 5.59. The van der Waals surface area contributed by atoms with E-state index in [4.69, 9.17) is 36.1 Å². The van der Waals surface area contributed by atoms with Crippen molar-refractivity contribution in [2.45, 2.75) is 6.42 Å². The molecule has 0 heterocycles. The molecule has 0 saturated heterocycles. The number of aliphatic carboxylic acids is 2. The predicted molar refractivity (Wildman–Crippen MR) is 95.2 cm³/mol. The molecule has 6 nitrogen and oxygen atoms in total. The summed E-state index contributed by atoms with van der Waals surface area (Å²) in [5, 5.41) is 18.9. The van der Waals surface area contributed by atoms with E-state index >= 15 is 0 Å². The van der Waals surface area contributed by atoms with Crippen LogP contribution in [-0.2, 0) is 16.0 Å². The quantitative estimate of drug-likeness (QED) is 0.515. The number of hydrogen-bond acceptors (Lipinski definition) is 4. The Kier molecular flexibility index (Phi) is 9.74. The first-order chi connectivity index (χ1) is 12.0. The fourth-order valence-electron chi connectivity index (χ4n) is 1.77. The molecule has 0 spiro atoms. The normalized spacial score (nSPS) is 9.64. The topological polar surface area (TPSA) is 95.9 Å². The lowest BCUT2D eigenvalue weighted by molar-refractivity contribution is -0.159. The first-order valence-electron chi connectivity index (χ1n) is 7.58. The maximum absolute atomic E-state index is 9.10. The average molecular weight is 366 g/mol. The molecule has 0 bridgehead atoms. The van der Waals surface area contributed by atoms with Crippen molar-refractivity contribution < 1.29 is 24.5 Å². The standard InChI is InChI=1S/C16H18ClNO.C2H2O4/c17-15-6-8-16(9-7-15)19-13-12-18-11-10-14-4-2-1-3-5-14;3-1(4)2(5)6/h1-9,18H,10-13H2;(H,3,4)(H,5,6). The highest BCUT2D eigenvalue weighted by molar-refractivity contribution is 6.30. The maximum atomic E-state index is 9.10. The molecule has 0 saturated carbocycles. The molecule has 0 radical (unpaired) electrons. The zero-order chi connectivity index (χ0) is 18.5. The number of ether oxygens (including phenoxy) is 1. The molecule has 2 rings (SSSR count). The Hall–Kier alpha value is -2.57. The van der Waals surface area contributed by atoms with Gasteiger partial charge in [-0.2, -0.15) is 0 Å². The summed E-state index contributed by atoms with van der Waals surface area (Å²) in [4.78, 5) is 18.2. The zero-order valence-electron chi connectivity index (χ0n) is 13.5. The molecule has 0 amide bonds. The second-order valence-corrected chi connectivity index (χ2v) is 5.33. The monoisotopic (exact) mass is 365 g/mol. The van der Waals surface area contributed by atoms with Crippen molar-refractivity contribution in [1.82, 2.24) is 5.32 Å². The molecule has 0 aliphatic rings. The molecule has 0 aliphatic carbocycles. The van der Waals surface area contributed by atoms with E-state index in [0.717, 1.165) is 30.3 Å². The van der Waals surface area contributed by atoms with Crippen LogP contribution in [0.2, 0.25) is 5.02 Å². The van der Waals surface area contributed by atoms with Gasteiger partial charge in [0.1, 0.15) is 12.4 Å². The third-order valence-electron chi connectivity index (χ3n) is 2.98. The highest BCUT2D eigenvalue weighted by atomic mass is 35.5. The zero-order valence-corrected chi connectivity index (χ0v) is 14.3. The van der Waals surface area contributed by atoms with Crippen molar-refractivity contribution in [3.05, 3.63) is 65.2 Å². The van der Waals surface area contributed by atoms with E-state index in [2.05, 4.69) is 29.6 Å². The van der Waals surface area contributed by atoms with E-state index in [1.165, 1.54) is 5.56 Å². The van der Waals surface area contributed by atoms with E-state index < -0.39 is 11.9 Å². The summed E-state index contributed by atoms with van der Waals surface area (Å²) in [7, 11) is 0. The van der Waals surface area contributed by atoms with Crippen molar-refractivity contribution in [2.75, 3.05) is 19.7 Å². The number of hydrogen-bond donors (Lipinski definition) is 3. The van der Waals surface area contributed by atoms with E-state index in [1.54, 1.807) is 0 Å². The number of carboxylic acids is 2. The fraction of sp³-hybridized carbons (Fsp3) is 0.222. The third-order valence-corrected chi connectivity index (χ3v) is 3.23. The van der Waals surface area contributed by atoms with Crippen molar-refractivity contribution in [3.63, 3.8) is 0 Å². The molecule has 0 aromatic heterocycles. The molecule has 2 aromatic rings. The lowest BCUT2D eigenvalue weighted by atomic mass is 10.1. The number of nitrogens with one attached hydrogen (secondary N) is 1. The van der Waals surface area contributed by atoms with E-state index in [9.17, 15) is 0 Å². The van der Waals surface area contributed by atoms with Gasteiger partial charge in [-0.25, -0.2) is 9.59 Å². The van der Waals surface area contributed by atoms with E-state index in [1.807, 2.05) is 30.3 Å². The van der Waals surface area contributed by atoms with Gasteiger partial charge in [0.2, 0.25) is 0 Å². The van der Waals surface area contributed by atoms with Gasteiger partial charge in [-0.15, -0.1) is 0 Å². The second kappa shape index (κ2) is 11.9. The average Bonchev–Trinajstić information content (AvgIpc) is 2.61. The Balaban J connectivity index is 0.000000450. The third kappa shape index (κ3) is 10.0. The smallest absolute Gasteiger partial charge is 0.414 e. The van der Waals surface area contributed by atoms with Crippen LogP contribution in [0.5, 0.6) is 5.75 Å². The van der Waals surface area contributed by atoms with Crippen LogP contribution in [0.25, 0.3) is 0 Å².